The van der Waals surface area contributed by atoms with Gasteiger partial charge in [-0.15, -0.1) is 0 Å². The molecule has 0 fully saturated rings. The summed E-state index contributed by atoms with van der Waals surface area (Å²) < 4.78 is 5.78. The predicted molar refractivity (Wildman–Crippen MR) is 82.7 cm³/mol. The molecule has 3 aromatic rings. The van der Waals surface area contributed by atoms with Crippen molar-refractivity contribution >= 4 is 0 Å². The molecule has 1 heteroatoms. The van der Waals surface area contributed by atoms with Crippen molar-refractivity contribution in [1.82, 2.24) is 0 Å². The van der Waals surface area contributed by atoms with Crippen LogP contribution in [0.1, 0.15) is 5.56 Å². The van der Waals surface area contributed by atoms with Crippen LogP contribution in [0.25, 0.3) is 11.1 Å². The highest BCUT2D eigenvalue weighted by atomic mass is 16.5. The second kappa shape index (κ2) is 6.07. The lowest BCUT2D eigenvalue weighted by atomic mass is 10.1. The Morgan fingerprint density at radius 2 is 1.10 bits per heavy atom. The summed E-state index contributed by atoms with van der Waals surface area (Å²) in [4.78, 5) is 0. The number of ether oxygens (including phenoxy) is 1. The second-order valence-corrected chi connectivity index (χ2v) is 4.66. The first-order valence-electron chi connectivity index (χ1n) is 6.74. The molecule has 0 aliphatic heterocycles. The molecule has 0 aliphatic carbocycles. The van der Waals surface area contributed by atoms with Crippen molar-refractivity contribution in [1.29, 1.82) is 0 Å². The molecule has 0 aromatic heterocycles. The molecule has 3 aromatic carbocycles. The van der Waals surface area contributed by atoms with Crippen molar-refractivity contribution in [2.24, 2.45) is 0 Å². The minimum atomic E-state index is 0.603. The Labute approximate surface area is 119 Å². The fourth-order valence-electron chi connectivity index (χ4n) is 2.12. The van der Waals surface area contributed by atoms with E-state index in [2.05, 4.69) is 48.5 Å². The summed E-state index contributed by atoms with van der Waals surface area (Å²) in [5.41, 5.74) is 3.61. The summed E-state index contributed by atoms with van der Waals surface area (Å²) in [5.74, 6) is 0.897. The van der Waals surface area contributed by atoms with Gasteiger partial charge in [0, 0.05) is 0 Å². The number of rotatable bonds is 4. The molecule has 0 aliphatic rings. The molecule has 0 radical (unpaired) electrons. The topological polar surface area (TPSA) is 9.23 Å². The average Bonchev–Trinajstić information content (AvgIpc) is 2.55. The minimum Gasteiger partial charge on any atom is -0.489 e. The second-order valence-electron chi connectivity index (χ2n) is 4.66. The number of hydrogen-bond acceptors (Lipinski definition) is 1. The third-order valence-corrected chi connectivity index (χ3v) is 3.21. The first-order chi connectivity index (χ1) is 9.92. The molecule has 0 atom stereocenters. The quantitative estimate of drug-likeness (QED) is 0.646. The maximum Gasteiger partial charge on any atom is 0.119 e. The van der Waals surface area contributed by atoms with E-state index in [0.717, 1.165) is 5.75 Å². The van der Waals surface area contributed by atoms with Crippen LogP contribution in [0, 0.1) is 0 Å². The van der Waals surface area contributed by atoms with Crippen molar-refractivity contribution < 1.29 is 4.74 Å². The van der Waals surface area contributed by atoms with Crippen molar-refractivity contribution in [2.45, 2.75) is 6.61 Å². The summed E-state index contributed by atoms with van der Waals surface area (Å²) in [6, 6.07) is 28.8. The van der Waals surface area contributed by atoms with Crippen molar-refractivity contribution in [3.63, 3.8) is 0 Å². The van der Waals surface area contributed by atoms with E-state index in [0.29, 0.717) is 6.61 Å². The van der Waals surface area contributed by atoms with Gasteiger partial charge in [-0.3, -0.25) is 0 Å². The Kier molecular flexibility index (Phi) is 3.79. The smallest absolute Gasteiger partial charge is 0.119 e. The molecule has 98 valence electrons. The van der Waals surface area contributed by atoms with Crippen LogP contribution in [-0.2, 0) is 6.61 Å². The molecule has 0 spiro atoms. The van der Waals surface area contributed by atoms with Gasteiger partial charge in [0.15, 0.2) is 0 Å². The van der Waals surface area contributed by atoms with Crippen LogP contribution < -0.4 is 4.74 Å². The Morgan fingerprint density at radius 1 is 0.550 bits per heavy atom. The van der Waals surface area contributed by atoms with Gasteiger partial charge in [-0.1, -0.05) is 72.8 Å². The van der Waals surface area contributed by atoms with Crippen LogP contribution in [0.3, 0.4) is 0 Å². The van der Waals surface area contributed by atoms with E-state index in [1.807, 2.05) is 36.4 Å². The summed E-state index contributed by atoms with van der Waals surface area (Å²) in [7, 11) is 0. The highest BCUT2D eigenvalue weighted by Gasteiger charge is 1.98. The lowest BCUT2D eigenvalue weighted by molar-refractivity contribution is 0.306. The van der Waals surface area contributed by atoms with Gasteiger partial charge in [-0.05, 0) is 28.8 Å². The van der Waals surface area contributed by atoms with Gasteiger partial charge >= 0.3 is 0 Å². The number of hydrogen-bond donors (Lipinski definition) is 0. The molecule has 0 N–H and O–H groups in total. The Bertz CT molecular complexity index is 642. The van der Waals surface area contributed by atoms with Gasteiger partial charge in [0.25, 0.3) is 0 Å². The van der Waals surface area contributed by atoms with Crippen LogP contribution in [0.4, 0.5) is 0 Å². The Hall–Kier alpha value is -2.54. The van der Waals surface area contributed by atoms with Crippen LogP contribution in [0.15, 0.2) is 84.9 Å². The van der Waals surface area contributed by atoms with Crippen LogP contribution in [-0.4, -0.2) is 0 Å². The molecule has 0 saturated heterocycles. The van der Waals surface area contributed by atoms with Crippen LogP contribution in [0.2, 0.25) is 0 Å². The standard InChI is InChI=1S/C19H16O/c1-3-7-16(8-4-1)15-20-19-13-11-18(12-14-19)17-9-5-2-6-10-17/h1-14H,15H2. The Balaban J connectivity index is 1.68. The summed E-state index contributed by atoms with van der Waals surface area (Å²) in [5, 5.41) is 0. The van der Waals surface area contributed by atoms with Gasteiger partial charge in [0.05, 0.1) is 0 Å². The average molecular weight is 260 g/mol. The van der Waals surface area contributed by atoms with Crippen molar-refractivity contribution in [2.75, 3.05) is 0 Å². The highest BCUT2D eigenvalue weighted by Crippen LogP contribution is 2.22. The molecule has 0 saturated carbocycles. The molecule has 0 heterocycles. The van der Waals surface area contributed by atoms with E-state index in [-0.39, 0.29) is 0 Å². The highest BCUT2D eigenvalue weighted by molar-refractivity contribution is 5.63. The Morgan fingerprint density at radius 3 is 1.75 bits per heavy atom. The summed E-state index contributed by atoms with van der Waals surface area (Å²) in [6.45, 7) is 0.603. The normalized spacial score (nSPS) is 10.2. The maximum absolute atomic E-state index is 5.78. The van der Waals surface area contributed by atoms with E-state index in [4.69, 9.17) is 4.74 Å². The van der Waals surface area contributed by atoms with Crippen molar-refractivity contribution in [3.8, 4) is 16.9 Å². The van der Waals surface area contributed by atoms with Gasteiger partial charge < -0.3 is 4.74 Å². The van der Waals surface area contributed by atoms with Crippen LogP contribution in [0.5, 0.6) is 5.75 Å². The SMILES string of the molecule is c1ccc(COc2ccc(-c3ccccc3)cc2)cc1. The van der Waals surface area contributed by atoms with Crippen molar-refractivity contribution in [3.05, 3.63) is 90.5 Å². The molecule has 0 amide bonds. The van der Waals surface area contributed by atoms with Gasteiger partial charge in [-0.25, -0.2) is 0 Å². The maximum atomic E-state index is 5.78. The minimum absolute atomic E-state index is 0.603. The lowest BCUT2D eigenvalue weighted by Crippen LogP contribution is -1.94. The molecule has 0 bridgehead atoms. The van der Waals surface area contributed by atoms with Gasteiger partial charge in [0.2, 0.25) is 0 Å². The fraction of sp³-hybridized carbons (Fsp3) is 0.0526. The third kappa shape index (κ3) is 3.07. The van der Waals surface area contributed by atoms with E-state index < -0.39 is 0 Å². The predicted octanol–water partition coefficient (Wildman–Crippen LogP) is 4.93. The van der Waals surface area contributed by atoms with E-state index in [1.165, 1.54) is 16.7 Å². The molecular formula is C19H16O. The zero-order chi connectivity index (χ0) is 13.6. The van der Waals surface area contributed by atoms with Crippen LogP contribution >= 0.6 is 0 Å². The summed E-state index contributed by atoms with van der Waals surface area (Å²) in [6.07, 6.45) is 0. The molecule has 0 unspecified atom stereocenters. The number of benzene rings is 3. The van der Waals surface area contributed by atoms with E-state index in [1.54, 1.807) is 0 Å². The fourth-order valence-corrected chi connectivity index (χ4v) is 2.12. The summed E-state index contributed by atoms with van der Waals surface area (Å²) >= 11 is 0. The zero-order valence-corrected chi connectivity index (χ0v) is 11.2. The third-order valence-electron chi connectivity index (χ3n) is 3.21. The van der Waals surface area contributed by atoms with E-state index >= 15 is 0 Å². The largest absolute Gasteiger partial charge is 0.489 e. The van der Waals surface area contributed by atoms with Gasteiger partial charge in [0.1, 0.15) is 12.4 Å². The molecule has 3 rings (SSSR count). The molecule has 1 nitrogen and oxygen atoms in total. The first-order valence-corrected chi connectivity index (χ1v) is 6.74. The zero-order valence-electron chi connectivity index (χ0n) is 11.2. The molecular weight excluding hydrogens is 244 g/mol. The monoisotopic (exact) mass is 260 g/mol. The first kappa shape index (κ1) is 12.5. The van der Waals surface area contributed by atoms with Gasteiger partial charge in [-0.2, -0.15) is 0 Å². The molecule has 20 heavy (non-hydrogen) atoms. The van der Waals surface area contributed by atoms with E-state index in [9.17, 15) is 0 Å². The lowest BCUT2D eigenvalue weighted by Gasteiger charge is -2.07.